The second-order valence-electron chi connectivity index (χ2n) is 17.4. The number of carbonyl (C=O) groups is 3. The fourth-order valence-corrected chi connectivity index (χ4v) is 7.61. The number of rotatable bonds is 47. The number of carbonyl (C=O) groups excluding carboxylic acids is 3. The molecule has 0 heterocycles. The van der Waals surface area contributed by atoms with E-state index in [1.807, 2.05) is 0 Å². The van der Waals surface area contributed by atoms with Gasteiger partial charge >= 0.3 is 17.9 Å². The minimum atomic E-state index is -0.766. The molecular weight excluding hydrogens is 721 g/mol. The van der Waals surface area contributed by atoms with E-state index in [2.05, 4.69) is 32.9 Å². The average Bonchev–Trinajstić information content (AvgIpc) is 3.22. The number of hydrogen-bond donors (Lipinski definition) is 0. The van der Waals surface area contributed by atoms with Crippen LogP contribution in [0.4, 0.5) is 0 Å². The van der Waals surface area contributed by atoms with Crippen molar-refractivity contribution in [1.29, 1.82) is 0 Å². The molecule has 0 saturated heterocycles. The summed E-state index contributed by atoms with van der Waals surface area (Å²) < 4.78 is 16.8. The SMILES string of the molecule is CCCCCC/C=C\CCCCCCCC(=O)O[C@H](COC(=O)CCCCCCCCCCCCCC)COC(=O)CCCCCCCCCCCCCCCCC. The van der Waals surface area contributed by atoms with Crippen LogP contribution < -0.4 is 0 Å². The van der Waals surface area contributed by atoms with E-state index < -0.39 is 6.10 Å². The van der Waals surface area contributed by atoms with Crippen LogP contribution >= 0.6 is 0 Å². The Hall–Kier alpha value is -1.85. The fraction of sp³-hybridized carbons (Fsp3) is 0.904. The Morgan fingerprint density at radius 3 is 0.879 bits per heavy atom. The third kappa shape index (κ3) is 45.2. The third-order valence-corrected chi connectivity index (χ3v) is 11.5. The summed E-state index contributed by atoms with van der Waals surface area (Å²) >= 11 is 0. The largest absolute Gasteiger partial charge is 0.462 e. The van der Waals surface area contributed by atoms with E-state index in [-0.39, 0.29) is 31.1 Å². The fourth-order valence-electron chi connectivity index (χ4n) is 7.61. The lowest BCUT2D eigenvalue weighted by molar-refractivity contribution is -0.167. The zero-order chi connectivity index (χ0) is 42.3. The Bertz CT molecular complexity index is 900. The molecule has 0 N–H and O–H groups in total. The Labute approximate surface area is 360 Å². The van der Waals surface area contributed by atoms with Gasteiger partial charge in [0.1, 0.15) is 13.2 Å². The maximum atomic E-state index is 12.8. The normalized spacial score (nSPS) is 12.0. The summed E-state index contributed by atoms with van der Waals surface area (Å²) in [4.78, 5) is 37.9. The summed E-state index contributed by atoms with van der Waals surface area (Å²) in [6.45, 7) is 6.64. The van der Waals surface area contributed by atoms with E-state index in [0.29, 0.717) is 19.3 Å². The van der Waals surface area contributed by atoms with E-state index >= 15 is 0 Å². The topological polar surface area (TPSA) is 78.9 Å². The van der Waals surface area contributed by atoms with E-state index in [4.69, 9.17) is 14.2 Å². The number of esters is 3. The minimum Gasteiger partial charge on any atom is -0.462 e. The first-order chi connectivity index (χ1) is 28.5. The molecule has 0 aromatic heterocycles. The Kier molecular flexibility index (Phi) is 46.3. The summed E-state index contributed by atoms with van der Waals surface area (Å²) in [6.07, 6.45) is 51.9. The highest BCUT2D eigenvalue weighted by molar-refractivity contribution is 5.71. The molecule has 0 bridgehead atoms. The van der Waals surface area contributed by atoms with Crippen molar-refractivity contribution in [3.63, 3.8) is 0 Å². The van der Waals surface area contributed by atoms with Crippen LogP contribution in [0.2, 0.25) is 0 Å². The van der Waals surface area contributed by atoms with Crippen molar-refractivity contribution in [2.75, 3.05) is 13.2 Å². The van der Waals surface area contributed by atoms with E-state index in [1.165, 1.54) is 180 Å². The third-order valence-electron chi connectivity index (χ3n) is 11.5. The predicted molar refractivity (Wildman–Crippen MR) is 247 cm³/mol. The monoisotopic (exact) mass is 819 g/mol. The highest BCUT2D eigenvalue weighted by Gasteiger charge is 2.19. The van der Waals surface area contributed by atoms with Crippen molar-refractivity contribution in [3.05, 3.63) is 12.2 Å². The van der Waals surface area contributed by atoms with Crippen LogP contribution in [-0.2, 0) is 28.6 Å². The van der Waals surface area contributed by atoms with Crippen LogP contribution in [0.15, 0.2) is 12.2 Å². The first-order valence-corrected chi connectivity index (χ1v) is 25.7. The summed E-state index contributed by atoms with van der Waals surface area (Å²) in [5, 5.41) is 0. The van der Waals surface area contributed by atoms with Gasteiger partial charge in [0.15, 0.2) is 6.10 Å². The molecule has 0 fully saturated rings. The van der Waals surface area contributed by atoms with E-state index in [0.717, 1.165) is 64.2 Å². The second kappa shape index (κ2) is 47.8. The summed E-state index contributed by atoms with van der Waals surface area (Å²) in [5.74, 6) is -0.861. The van der Waals surface area contributed by atoms with Crippen LogP contribution in [-0.4, -0.2) is 37.2 Å². The molecule has 0 aliphatic heterocycles. The Balaban J connectivity index is 4.33. The van der Waals surface area contributed by atoms with Gasteiger partial charge in [-0.1, -0.05) is 232 Å². The number of allylic oxidation sites excluding steroid dienone is 2. The molecule has 0 spiro atoms. The first kappa shape index (κ1) is 56.1. The molecule has 0 aliphatic rings. The van der Waals surface area contributed by atoms with E-state index in [9.17, 15) is 14.4 Å². The predicted octanol–water partition coefficient (Wildman–Crippen LogP) is 16.6. The summed E-state index contributed by atoms with van der Waals surface area (Å²) in [6, 6.07) is 0. The van der Waals surface area contributed by atoms with Gasteiger partial charge in [-0.05, 0) is 44.9 Å². The van der Waals surface area contributed by atoms with Crippen molar-refractivity contribution in [1.82, 2.24) is 0 Å². The standard InChI is InChI=1S/C52H98O6/c1-4-7-10-13-16-19-22-25-26-28-30-33-36-39-42-45-51(54)57-48-49(47-56-50(53)44-41-38-35-32-29-24-21-18-15-12-9-6-3)58-52(55)46-43-40-37-34-31-27-23-20-17-14-11-8-5-2/h20,23,49H,4-19,21-22,24-48H2,1-3H3/b23-20-/t49-/m1/s1. The highest BCUT2D eigenvalue weighted by Crippen LogP contribution is 2.16. The first-order valence-electron chi connectivity index (χ1n) is 25.7. The molecule has 0 aromatic rings. The number of ether oxygens (including phenoxy) is 3. The average molecular weight is 819 g/mol. The maximum Gasteiger partial charge on any atom is 0.306 e. The van der Waals surface area contributed by atoms with Crippen molar-refractivity contribution < 1.29 is 28.6 Å². The summed E-state index contributed by atoms with van der Waals surface area (Å²) in [5.41, 5.74) is 0. The van der Waals surface area contributed by atoms with Crippen LogP contribution in [0, 0.1) is 0 Å². The van der Waals surface area contributed by atoms with Crippen molar-refractivity contribution >= 4 is 17.9 Å². The minimum absolute atomic E-state index is 0.0681. The lowest BCUT2D eigenvalue weighted by Crippen LogP contribution is -2.30. The van der Waals surface area contributed by atoms with Gasteiger partial charge in [0.2, 0.25) is 0 Å². The smallest absolute Gasteiger partial charge is 0.306 e. The zero-order valence-corrected chi connectivity index (χ0v) is 39.1. The zero-order valence-electron chi connectivity index (χ0n) is 39.1. The molecule has 0 aliphatic carbocycles. The molecule has 0 saturated carbocycles. The van der Waals surface area contributed by atoms with Crippen LogP contribution in [0.25, 0.3) is 0 Å². The molecule has 0 radical (unpaired) electrons. The van der Waals surface area contributed by atoms with Crippen molar-refractivity contribution in [3.8, 4) is 0 Å². The highest BCUT2D eigenvalue weighted by atomic mass is 16.6. The molecular formula is C52H98O6. The molecule has 342 valence electrons. The molecule has 0 rings (SSSR count). The van der Waals surface area contributed by atoms with Gasteiger partial charge < -0.3 is 14.2 Å². The molecule has 58 heavy (non-hydrogen) atoms. The molecule has 6 nitrogen and oxygen atoms in total. The van der Waals surface area contributed by atoms with Gasteiger partial charge in [-0.3, -0.25) is 14.4 Å². The Morgan fingerprint density at radius 2 is 0.569 bits per heavy atom. The van der Waals surface area contributed by atoms with Gasteiger partial charge in [-0.2, -0.15) is 0 Å². The molecule has 0 aromatic carbocycles. The number of unbranched alkanes of at least 4 members (excludes halogenated alkanes) is 34. The van der Waals surface area contributed by atoms with Crippen molar-refractivity contribution in [2.24, 2.45) is 0 Å². The van der Waals surface area contributed by atoms with Crippen molar-refractivity contribution in [2.45, 2.75) is 290 Å². The van der Waals surface area contributed by atoms with Gasteiger partial charge in [0.25, 0.3) is 0 Å². The number of hydrogen-bond acceptors (Lipinski definition) is 6. The Morgan fingerprint density at radius 1 is 0.328 bits per heavy atom. The summed E-state index contributed by atoms with van der Waals surface area (Å²) in [7, 11) is 0. The molecule has 0 amide bonds. The van der Waals surface area contributed by atoms with Gasteiger partial charge in [0.05, 0.1) is 0 Å². The quantitative estimate of drug-likeness (QED) is 0.0263. The molecule has 6 heteroatoms. The second-order valence-corrected chi connectivity index (χ2v) is 17.4. The molecule has 1 atom stereocenters. The van der Waals surface area contributed by atoms with E-state index in [1.54, 1.807) is 0 Å². The maximum absolute atomic E-state index is 12.8. The molecule has 0 unspecified atom stereocenters. The van der Waals surface area contributed by atoms with Crippen LogP contribution in [0.5, 0.6) is 0 Å². The van der Waals surface area contributed by atoms with Crippen LogP contribution in [0.3, 0.4) is 0 Å². The lowest BCUT2D eigenvalue weighted by Gasteiger charge is -2.18. The van der Waals surface area contributed by atoms with Gasteiger partial charge in [-0.25, -0.2) is 0 Å². The lowest BCUT2D eigenvalue weighted by atomic mass is 10.0. The van der Waals surface area contributed by atoms with Crippen LogP contribution in [0.1, 0.15) is 284 Å². The van der Waals surface area contributed by atoms with Gasteiger partial charge in [0, 0.05) is 19.3 Å². The van der Waals surface area contributed by atoms with Gasteiger partial charge in [-0.15, -0.1) is 0 Å².